The van der Waals surface area contributed by atoms with Crippen molar-refractivity contribution in [2.24, 2.45) is 0 Å². The highest BCUT2D eigenvalue weighted by molar-refractivity contribution is 6.00. The maximum atomic E-state index is 14.2. The molecular weight excluding hydrogens is 486 g/mol. The van der Waals surface area contributed by atoms with E-state index in [1.165, 1.54) is 5.56 Å². The van der Waals surface area contributed by atoms with Gasteiger partial charge in [-0.25, -0.2) is 0 Å². The highest BCUT2D eigenvalue weighted by Gasteiger charge is 2.50. The van der Waals surface area contributed by atoms with Crippen LogP contribution in [0.15, 0.2) is 78.9 Å². The largest absolute Gasteiger partial charge is 0.354 e. The zero-order valence-corrected chi connectivity index (χ0v) is 22.8. The smallest absolute Gasteiger partial charge is 0.247 e. The van der Waals surface area contributed by atoms with Crippen LogP contribution < -0.4 is 5.32 Å². The number of piperazine rings is 1. The third kappa shape index (κ3) is 5.75. The lowest BCUT2D eigenvalue weighted by atomic mass is 9.87. The molecule has 0 aliphatic carbocycles. The fourth-order valence-electron chi connectivity index (χ4n) is 5.88. The predicted molar refractivity (Wildman–Crippen MR) is 152 cm³/mol. The summed E-state index contributed by atoms with van der Waals surface area (Å²) in [6.07, 6.45) is 2.79. The summed E-state index contributed by atoms with van der Waals surface area (Å²) in [5.41, 5.74) is 5.50. The number of hydrogen-bond donors (Lipinski definition) is 1. The molecule has 6 nitrogen and oxygen atoms in total. The maximum Gasteiger partial charge on any atom is 0.247 e. The van der Waals surface area contributed by atoms with Gasteiger partial charge in [0.25, 0.3) is 0 Å². The summed E-state index contributed by atoms with van der Waals surface area (Å²) in [5, 5.41) is 3.08. The first-order chi connectivity index (χ1) is 19.0. The summed E-state index contributed by atoms with van der Waals surface area (Å²) in [6, 6.07) is 24.1. The van der Waals surface area contributed by atoms with Gasteiger partial charge in [-0.1, -0.05) is 97.8 Å². The summed E-state index contributed by atoms with van der Waals surface area (Å²) in [6.45, 7) is 4.96. The van der Waals surface area contributed by atoms with Crippen LogP contribution in [0.3, 0.4) is 0 Å². The molecule has 0 radical (unpaired) electrons. The van der Waals surface area contributed by atoms with Crippen molar-refractivity contribution in [3.05, 3.63) is 107 Å². The summed E-state index contributed by atoms with van der Waals surface area (Å²) in [4.78, 5) is 45.3. The Morgan fingerprint density at radius 3 is 2.31 bits per heavy atom. The standard InChI is InChI=1S/C33H37N3O3/c1-3-9-28(31(37)34-19-18-24-16-14-23(2)15-17-24)36-30(20-25-10-5-4-6-11-25)32(38)35-22-27-13-8-7-12-26(27)21-29(35)33(36)39/h4-8,10-17,28-30H,3,9,18-22H2,1-2H3,(H,34,37)/t28?,29-,30-/m0/s1. The average molecular weight is 524 g/mol. The monoisotopic (exact) mass is 523 g/mol. The molecule has 1 saturated heterocycles. The van der Waals surface area contributed by atoms with Crippen LogP contribution in [0.5, 0.6) is 0 Å². The molecule has 5 rings (SSSR count). The fraction of sp³-hybridized carbons (Fsp3) is 0.364. The summed E-state index contributed by atoms with van der Waals surface area (Å²) in [7, 11) is 0. The second kappa shape index (κ2) is 11.9. The summed E-state index contributed by atoms with van der Waals surface area (Å²) >= 11 is 0. The summed E-state index contributed by atoms with van der Waals surface area (Å²) in [5.74, 6) is -0.392. The lowest BCUT2D eigenvalue weighted by Gasteiger charge is -2.49. The van der Waals surface area contributed by atoms with Crippen molar-refractivity contribution >= 4 is 17.7 Å². The number of hydrogen-bond acceptors (Lipinski definition) is 3. The molecule has 39 heavy (non-hydrogen) atoms. The Balaban J connectivity index is 1.42. The van der Waals surface area contributed by atoms with Crippen molar-refractivity contribution in [1.82, 2.24) is 15.1 Å². The number of carbonyl (C=O) groups is 3. The molecule has 2 heterocycles. The Morgan fingerprint density at radius 1 is 0.897 bits per heavy atom. The van der Waals surface area contributed by atoms with Gasteiger partial charge in [-0.2, -0.15) is 0 Å². The first-order valence-electron chi connectivity index (χ1n) is 14.0. The minimum Gasteiger partial charge on any atom is -0.354 e. The number of aryl methyl sites for hydroxylation is 1. The molecule has 1 unspecified atom stereocenters. The first-order valence-corrected chi connectivity index (χ1v) is 14.0. The third-order valence-electron chi connectivity index (χ3n) is 8.00. The molecule has 3 aromatic carbocycles. The van der Waals surface area contributed by atoms with Crippen molar-refractivity contribution in [2.75, 3.05) is 6.54 Å². The van der Waals surface area contributed by atoms with E-state index in [0.717, 1.165) is 28.7 Å². The molecule has 6 heteroatoms. The van der Waals surface area contributed by atoms with E-state index in [4.69, 9.17) is 0 Å². The maximum absolute atomic E-state index is 14.2. The van der Waals surface area contributed by atoms with E-state index in [-0.39, 0.29) is 17.7 Å². The van der Waals surface area contributed by atoms with Crippen LogP contribution in [0, 0.1) is 6.92 Å². The number of benzene rings is 3. The number of fused-ring (bicyclic) bond motifs is 2. The number of amides is 3. The average Bonchev–Trinajstić information content (AvgIpc) is 2.96. The Labute approximate surface area is 231 Å². The van der Waals surface area contributed by atoms with Gasteiger partial charge in [-0.05, 0) is 42.0 Å². The van der Waals surface area contributed by atoms with Crippen molar-refractivity contribution < 1.29 is 14.4 Å². The topological polar surface area (TPSA) is 69.7 Å². The van der Waals surface area contributed by atoms with Gasteiger partial charge in [0.1, 0.15) is 18.1 Å². The second-order valence-electron chi connectivity index (χ2n) is 10.7. The van der Waals surface area contributed by atoms with Crippen LogP contribution in [0.1, 0.15) is 47.6 Å². The highest BCUT2D eigenvalue weighted by Crippen LogP contribution is 2.32. The van der Waals surface area contributed by atoms with Gasteiger partial charge < -0.3 is 15.1 Å². The molecule has 202 valence electrons. The Hall–Kier alpha value is -3.93. The highest BCUT2D eigenvalue weighted by atomic mass is 16.2. The Bertz CT molecular complexity index is 1320. The minimum absolute atomic E-state index is 0.0773. The zero-order valence-electron chi connectivity index (χ0n) is 22.8. The van der Waals surface area contributed by atoms with Crippen LogP contribution >= 0.6 is 0 Å². The van der Waals surface area contributed by atoms with Gasteiger partial charge >= 0.3 is 0 Å². The molecule has 2 aliphatic heterocycles. The van der Waals surface area contributed by atoms with E-state index in [0.29, 0.717) is 38.8 Å². The van der Waals surface area contributed by atoms with Crippen molar-refractivity contribution in [3.8, 4) is 0 Å². The molecule has 0 spiro atoms. The molecule has 1 fully saturated rings. The van der Waals surface area contributed by atoms with E-state index in [9.17, 15) is 14.4 Å². The van der Waals surface area contributed by atoms with E-state index < -0.39 is 18.1 Å². The quantitative estimate of drug-likeness (QED) is 0.456. The van der Waals surface area contributed by atoms with Crippen LogP contribution in [0.25, 0.3) is 0 Å². The van der Waals surface area contributed by atoms with Gasteiger partial charge in [0.05, 0.1) is 0 Å². The molecule has 0 saturated carbocycles. The van der Waals surface area contributed by atoms with Crippen molar-refractivity contribution in [1.29, 1.82) is 0 Å². The third-order valence-corrected chi connectivity index (χ3v) is 8.00. The molecule has 2 aliphatic rings. The van der Waals surface area contributed by atoms with Crippen molar-refractivity contribution in [3.63, 3.8) is 0 Å². The molecule has 3 amide bonds. The number of carbonyl (C=O) groups excluding carboxylic acids is 3. The summed E-state index contributed by atoms with van der Waals surface area (Å²) < 4.78 is 0. The predicted octanol–water partition coefficient (Wildman–Crippen LogP) is 4.23. The van der Waals surface area contributed by atoms with Crippen LogP contribution in [-0.2, 0) is 40.2 Å². The van der Waals surface area contributed by atoms with Gasteiger partial charge in [-0.15, -0.1) is 0 Å². The molecule has 3 aromatic rings. The van der Waals surface area contributed by atoms with E-state index in [1.807, 2.05) is 61.5 Å². The number of nitrogens with one attached hydrogen (secondary N) is 1. The lowest BCUT2D eigenvalue weighted by molar-refractivity contribution is -0.167. The number of rotatable bonds is 9. The van der Waals surface area contributed by atoms with E-state index in [2.05, 4.69) is 36.5 Å². The lowest BCUT2D eigenvalue weighted by Crippen LogP contribution is -2.70. The molecule has 0 bridgehead atoms. The molecule has 0 aromatic heterocycles. The SMILES string of the molecule is CCCC(C(=O)NCCc1ccc(C)cc1)N1C(=O)[C@@H]2Cc3ccccc3CN2C(=O)[C@@H]1Cc1ccccc1. The van der Waals surface area contributed by atoms with Crippen LogP contribution in [0.4, 0.5) is 0 Å². The van der Waals surface area contributed by atoms with Gasteiger partial charge in [-0.3, -0.25) is 14.4 Å². The zero-order chi connectivity index (χ0) is 27.4. The Morgan fingerprint density at radius 2 is 1.59 bits per heavy atom. The second-order valence-corrected chi connectivity index (χ2v) is 10.7. The normalized spacial score (nSPS) is 19.3. The molecule has 1 N–H and O–H groups in total. The number of nitrogens with zero attached hydrogens (tertiary/aromatic N) is 2. The van der Waals surface area contributed by atoms with Crippen LogP contribution in [0.2, 0.25) is 0 Å². The Kier molecular flexibility index (Phi) is 8.10. The van der Waals surface area contributed by atoms with Gasteiger partial charge in [0, 0.05) is 25.9 Å². The molecule has 3 atom stereocenters. The van der Waals surface area contributed by atoms with E-state index in [1.54, 1.807) is 9.80 Å². The van der Waals surface area contributed by atoms with Gasteiger partial charge in [0.15, 0.2) is 0 Å². The van der Waals surface area contributed by atoms with Gasteiger partial charge in [0.2, 0.25) is 17.7 Å². The van der Waals surface area contributed by atoms with Crippen LogP contribution in [-0.4, -0.2) is 52.2 Å². The first kappa shape index (κ1) is 26.7. The van der Waals surface area contributed by atoms with Crippen molar-refractivity contribution in [2.45, 2.75) is 70.6 Å². The molecular formula is C33H37N3O3. The minimum atomic E-state index is -0.721. The van der Waals surface area contributed by atoms with E-state index >= 15 is 0 Å². The fourth-order valence-corrected chi connectivity index (χ4v) is 5.88.